The molecule has 5 rings (SSSR count). The van der Waals surface area contributed by atoms with Gasteiger partial charge in [0, 0.05) is 55.6 Å². The predicted octanol–water partition coefficient (Wildman–Crippen LogP) is 4.97. The molecule has 1 spiro atoms. The van der Waals surface area contributed by atoms with Gasteiger partial charge in [-0.15, -0.1) is 0 Å². The fraction of sp³-hybridized carbons (Fsp3) is 0.857. The van der Waals surface area contributed by atoms with Gasteiger partial charge in [-0.25, -0.2) is 4.79 Å². The topological polar surface area (TPSA) is 208 Å². The van der Waals surface area contributed by atoms with Crippen LogP contribution in [0.5, 0.6) is 0 Å². The Hall–Kier alpha value is -1.95. The Balaban J connectivity index is 1.47. The van der Waals surface area contributed by atoms with Gasteiger partial charge in [0.15, 0.2) is 5.79 Å². The molecule has 0 aromatic rings. The normalized spacial score (nSPS) is 45.4. The first-order valence-electron chi connectivity index (χ1n) is 23.9. The highest BCUT2D eigenvalue weighted by Gasteiger charge is 2.54. The Morgan fingerprint density at radius 3 is 2.22 bits per heavy atom. The molecule has 0 aliphatic carbocycles. The molecule has 63 heavy (non-hydrogen) atoms. The van der Waals surface area contributed by atoms with Gasteiger partial charge in [-0.1, -0.05) is 45.8 Å². The van der Waals surface area contributed by atoms with E-state index < -0.39 is 77.2 Å². The lowest BCUT2D eigenvalue weighted by molar-refractivity contribution is -0.354. The van der Waals surface area contributed by atoms with Crippen LogP contribution < -0.4 is 0 Å². The molecule has 2 bridgehead atoms. The first-order chi connectivity index (χ1) is 29.4. The van der Waals surface area contributed by atoms with E-state index in [0.29, 0.717) is 44.6 Å². The molecular weight excluding hydrogens is 811 g/mol. The number of aliphatic hydroxyl groups is 7. The zero-order valence-electron chi connectivity index (χ0n) is 39.8. The predicted molar refractivity (Wildman–Crippen MR) is 238 cm³/mol. The second-order valence-corrected chi connectivity index (χ2v) is 21.1. The van der Waals surface area contributed by atoms with Crippen molar-refractivity contribution in [2.24, 2.45) is 17.8 Å². The Labute approximate surface area is 376 Å². The van der Waals surface area contributed by atoms with Gasteiger partial charge in [-0.3, -0.25) is 0 Å². The maximum Gasteiger partial charge on any atom is 0.330 e. The van der Waals surface area contributed by atoms with E-state index in [9.17, 15) is 40.5 Å². The van der Waals surface area contributed by atoms with Crippen LogP contribution in [0.15, 0.2) is 35.6 Å². The molecule has 0 saturated carbocycles. The number of ether oxygens (including phenoxy) is 5. The molecular formula is C49H83NO13. The number of aliphatic hydroxyl groups excluding tert-OH is 5. The van der Waals surface area contributed by atoms with Gasteiger partial charge in [0.25, 0.3) is 0 Å². The summed E-state index contributed by atoms with van der Waals surface area (Å²) in [4.78, 5) is 16.0. The number of esters is 1. The van der Waals surface area contributed by atoms with Crippen molar-refractivity contribution < 1.29 is 64.2 Å². The quantitative estimate of drug-likeness (QED) is 0.182. The van der Waals surface area contributed by atoms with Crippen LogP contribution in [0.1, 0.15) is 145 Å². The number of hydrogen-bond donors (Lipinski definition) is 7. The molecule has 362 valence electrons. The van der Waals surface area contributed by atoms with Crippen molar-refractivity contribution in [1.82, 2.24) is 4.90 Å². The van der Waals surface area contributed by atoms with E-state index in [1.807, 2.05) is 13.8 Å². The number of fused-ring (bicyclic) bond motifs is 2. The molecule has 14 nitrogen and oxygen atoms in total. The summed E-state index contributed by atoms with van der Waals surface area (Å²) in [6, 6.07) is 0.310. The molecule has 3 fully saturated rings. The van der Waals surface area contributed by atoms with Gasteiger partial charge in [0.1, 0.15) is 35.3 Å². The molecule has 0 aromatic heterocycles. The SMILES string of the molecule is CCC(O)CC1OC2(CCC1C1CCC(N(C)C)C(C)O1)CC1OC(=O)/C=C\C(C)(O)C(O)C(C)C(O)C(O)C(O)C(C)(O)CCCCC/C=C\C3=C(CC(O2)C1C)OC(C)(C)C3. The number of nitrogens with zero attached hydrogens (tertiary/aromatic N) is 1. The van der Waals surface area contributed by atoms with Crippen LogP contribution in [-0.4, -0.2) is 150 Å². The summed E-state index contributed by atoms with van der Waals surface area (Å²) in [5.41, 5.74) is -3.20. The molecule has 14 heteroatoms. The third kappa shape index (κ3) is 12.9. The zero-order chi connectivity index (χ0) is 46.7. The Kier molecular flexibility index (Phi) is 17.6. The van der Waals surface area contributed by atoms with Crippen LogP contribution in [0.2, 0.25) is 0 Å². The molecule has 17 atom stereocenters. The monoisotopic (exact) mass is 894 g/mol. The van der Waals surface area contributed by atoms with Crippen LogP contribution in [-0.2, 0) is 28.5 Å². The van der Waals surface area contributed by atoms with Crippen molar-refractivity contribution in [2.75, 3.05) is 14.1 Å². The fourth-order valence-electron chi connectivity index (χ4n) is 10.8. The van der Waals surface area contributed by atoms with Crippen LogP contribution in [0.25, 0.3) is 0 Å². The standard InChI is InChI=1S/C49H83NO13/c1-11-33(51)25-39-34(36-19-18-35(50(9)10)31(4)59-36)20-24-49(63-39)28-40-29(2)37(62-49)26-38-32(27-46(5,6)61-38)17-15-13-12-14-16-22-47(7,57)45(56)43(54)42(53)30(3)44(55)48(8,58)23-21-41(52)60-40/h15,17,21,23,29-31,33-37,39-40,42-45,51,53-58H,11-14,16,18-20,22,24-28H2,1-10H3/b17-15-,23-21-. The Morgan fingerprint density at radius 1 is 0.841 bits per heavy atom. The minimum absolute atomic E-state index is 0.0206. The molecule has 5 heterocycles. The molecule has 0 aromatic carbocycles. The van der Waals surface area contributed by atoms with E-state index in [-0.39, 0.29) is 43.0 Å². The van der Waals surface area contributed by atoms with Gasteiger partial charge in [0.05, 0.1) is 48.3 Å². The summed E-state index contributed by atoms with van der Waals surface area (Å²) < 4.78 is 33.8. The second kappa shape index (κ2) is 21.3. The zero-order valence-corrected chi connectivity index (χ0v) is 39.8. The first kappa shape index (κ1) is 52.0. The maximum atomic E-state index is 13.8. The summed E-state index contributed by atoms with van der Waals surface area (Å²) in [5, 5.41) is 77.8. The average molecular weight is 894 g/mol. The molecule has 3 saturated heterocycles. The molecule has 0 radical (unpaired) electrons. The third-order valence-electron chi connectivity index (χ3n) is 15.0. The summed E-state index contributed by atoms with van der Waals surface area (Å²) >= 11 is 0. The summed E-state index contributed by atoms with van der Waals surface area (Å²) in [5.74, 6) is -2.60. The van der Waals surface area contributed by atoms with E-state index in [2.05, 4.69) is 51.9 Å². The highest BCUT2D eigenvalue weighted by Crippen LogP contribution is 2.49. The summed E-state index contributed by atoms with van der Waals surface area (Å²) in [6.45, 7) is 14.3. The number of carbonyl (C=O) groups is 1. The number of hydrogen-bond acceptors (Lipinski definition) is 14. The highest BCUT2D eigenvalue weighted by molar-refractivity contribution is 5.82. The minimum atomic E-state index is -2.07. The summed E-state index contributed by atoms with van der Waals surface area (Å²) in [7, 11) is 4.16. The van der Waals surface area contributed by atoms with Crippen LogP contribution in [0, 0.1) is 17.8 Å². The molecule has 0 amide bonds. The second-order valence-electron chi connectivity index (χ2n) is 21.1. The number of allylic oxidation sites excluding steroid dienone is 2. The molecule has 17 unspecified atom stereocenters. The van der Waals surface area contributed by atoms with Crippen LogP contribution >= 0.6 is 0 Å². The van der Waals surface area contributed by atoms with Gasteiger partial charge in [-0.2, -0.15) is 0 Å². The lowest BCUT2D eigenvalue weighted by atomic mass is 9.77. The molecule has 5 aliphatic rings. The largest absolute Gasteiger partial charge is 0.491 e. The van der Waals surface area contributed by atoms with Gasteiger partial charge < -0.3 is 64.3 Å². The van der Waals surface area contributed by atoms with E-state index in [1.54, 1.807) is 0 Å². The first-order valence-corrected chi connectivity index (χ1v) is 23.9. The average Bonchev–Trinajstić information content (AvgIpc) is 3.51. The lowest BCUT2D eigenvalue weighted by Gasteiger charge is -2.54. The number of rotatable bonds is 5. The molecule has 7 N–H and O–H groups in total. The van der Waals surface area contributed by atoms with E-state index in [0.717, 1.165) is 62.0 Å². The van der Waals surface area contributed by atoms with Crippen molar-refractivity contribution in [3.63, 3.8) is 0 Å². The molecule has 5 aliphatic heterocycles. The minimum Gasteiger partial charge on any atom is -0.491 e. The van der Waals surface area contributed by atoms with Crippen molar-refractivity contribution in [2.45, 2.75) is 235 Å². The van der Waals surface area contributed by atoms with Gasteiger partial charge in [-0.05, 0) is 112 Å². The smallest absolute Gasteiger partial charge is 0.330 e. The van der Waals surface area contributed by atoms with Crippen LogP contribution in [0.4, 0.5) is 0 Å². The van der Waals surface area contributed by atoms with Crippen molar-refractivity contribution in [3.8, 4) is 0 Å². The van der Waals surface area contributed by atoms with E-state index in [4.69, 9.17) is 23.7 Å². The fourth-order valence-corrected chi connectivity index (χ4v) is 10.8. The lowest BCUT2D eigenvalue weighted by Crippen LogP contribution is -2.59. The third-order valence-corrected chi connectivity index (χ3v) is 15.0. The Bertz CT molecular complexity index is 1590. The Morgan fingerprint density at radius 2 is 1.56 bits per heavy atom. The number of likely N-dealkylation sites (N-methyl/N-ethyl adjacent to an activating group) is 1. The van der Waals surface area contributed by atoms with Crippen molar-refractivity contribution in [1.29, 1.82) is 0 Å². The van der Waals surface area contributed by atoms with Crippen LogP contribution in [0.3, 0.4) is 0 Å². The maximum absolute atomic E-state index is 13.8. The van der Waals surface area contributed by atoms with Gasteiger partial charge in [0.2, 0.25) is 0 Å². The van der Waals surface area contributed by atoms with Crippen molar-refractivity contribution >= 4 is 5.97 Å². The van der Waals surface area contributed by atoms with Gasteiger partial charge >= 0.3 is 5.97 Å². The van der Waals surface area contributed by atoms with E-state index >= 15 is 0 Å². The van der Waals surface area contributed by atoms with E-state index in [1.165, 1.54) is 20.8 Å². The number of carbonyl (C=O) groups excluding carboxylic acids is 1. The summed E-state index contributed by atoms with van der Waals surface area (Å²) in [6.07, 6.45) is 5.68. The highest BCUT2D eigenvalue weighted by atomic mass is 16.7. The van der Waals surface area contributed by atoms with Crippen molar-refractivity contribution in [3.05, 3.63) is 35.6 Å².